The van der Waals surface area contributed by atoms with Gasteiger partial charge in [-0.1, -0.05) is 0 Å². The average molecular weight is 295 g/mol. The van der Waals surface area contributed by atoms with E-state index in [1.54, 1.807) is 14.1 Å². The third kappa shape index (κ3) is 3.16. The molecule has 1 aromatic heterocycles. The zero-order valence-corrected chi connectivity index (χ0v) is 15.1. The molecule has 0 aliphatic carbocycles. The second kappa shape index (κ2) is 5.37. The summed E-state index contributed by atoms with van der Waals surface area (Å²) in [5.41, 5.74) is -0.310. The molecule has 0 radical (unpaired) electrons. The molecule has 1 aromatic rings. The summed E-state index contributed by atoms with van der Waals surface area (Å²) in [7, 11) is -1.71. The molecule has 1 rings (SSSR count). The van der Waals surface area contributed by atoms with Crippen LogP contribution in [0.25, 0.3) is 0 Å². The number of hydrogen-bond acceptors (Lipinski definition) is 3. The minimum absolute atomic E-state index is 0.310. The summed E-state index contributed by atoms with van der Waals surface area (Å²) < 4.78 is 28.8. The Morgan fingerprint density at radius 3 is 2.05 bits per heavy atom. The first-order chi connectivity index (χ1) is 8.40. The molecule has 1 heterocycles. The van der Waals surface area contributed by atoms with Crippen molar-refractivity contribution in [3.8, 4) is 0 Å². The van der Waals surface area contributed by atoms with E-state index in [1.807, 2.05) is 38.5 Å². The molecule has 0 N–H and O–H groups in total. The zero-order valence-electron chi connectivity index (χ0n) is 13.1. The van der Waals surface area contributed by atoms with Crippen LogP contribution in [0.2, 0.25) is 13.1 Å². The Morgan fingerprint density at radius 1 is 1.26 bits per heavy atom. The first kappa shape index (κ1) is 17.0. The Bertz CT molecular complexity index is 573. The van der Waals surface area contributed by atoms with Gasteiger partial charge in [0.1, 0.15) is 0 Å². The van der Waals surface area contributed by atoms with Crippen molar-refractivity contribution in [2.75, 3.05) is 14.1 Å². The quantitative estimate of drug-likeness (QED) is 0.695. The van der Waals surface area contributed by atoms with Crippen LogP contribution in [-0.4, -0.2) is 62.3 Å². The van der Waals surface area contributed by atoms with Gasteiger partial charge in [0.2, 0.25) is 0 Å². The van der Waals surface area contributed by atoms with Crippen molar-refractivity contribution >= 4 is 46.4 Å². The van der Waals surface area contributed by atoms with Gasteiger partial charge in [0.05, 0.1) is 0 Å². The number of hydrogen-bond donors (Lipinski definition) is 0. The molecule has 104 valence electrons. The van der Waals surface area contributed by atoms with E-state index in [2.05, 4.69) is 18.1 Å². The van der Waals surface area contributed by atoms with E-state index in [9.17, 15) is 8.42 Å². The van der Waals surface area contributed by atoms with Crippen molar-refractivity contribution in [3.63, 3.8) is 0 Å². The fourth-order valence-electron chi connectivity index (χ4n) is 2.04. The number of rotatable bonds is 3. The summed E-state index contributed by atoms with van der Waals surface area (Å²) in [4.78, 5) is 4.54. The Hall–Kier alpha value is -0.0657. The summed E-state index contributed by atoms with van der Waals surface area (Å²) in [6, 6.07) is 0. The summed E-state index contributed by atoms with van der Waals surface area (Å²) >= 11 is 1.90. The molecule has 0 aliphatic heterocycles. The monoisotopic (exact) mass is 295 g/mol. The number of aromatic nitrogens is 2. The molecular formula is C11H22LiN3O2SSi. The molecule has 0 amide bonds. The van der Waals surface area contributed by atoms with Gasteiger partial charge >= 0.3 is 127 Å². The van der Waals surface area contributed by atoms with E-state index in [0.717, 1.165) is 9.68 Å². The molecule has 0 saturated heterocycles. The van der Waals surface area contributed by atoms with Gasteiger partial charge in [-0.2, -0.15) is 0 Å². The molecule has 5 nitrogen and oxygen atoms in total. The van der Waals surface area contributed by atoms with Gasteiger partial charge in [-0.15, -0.1) is 0 Å². The summed E-state index contributed by atoms with van der Waals surface area (Å²) in [6.07, 6.45) is 0. The Kier molecular flexibility index (Phi) is 4.81. The second-order valence-corrected chi connectivity index (χ2v) is 11.2. The van der Waals surface area contributed by atoms with Crippen molar-refractivity contribution < 1.29 is 8.42 Å². The van der Waals surface area contributed by atoms with Crippen LogP contribution in [0, 0.1) is 0 Å². The maximum atomic E-state index is 12.6. The van der Waals surface area contributed by atoms with Gasteiger partial charge in [0, 0.05) is 0 Å². The van der Waals surface area contributed by atoms with Crippen molar-refractivity contribution in [1.82, 2.24) is 13.3 Å². The fraction of sp³-hybridized carbons (Fsp3) is 0.727. The SMILES string of the molecule is [Li][c]1nc(C(C)(C)C)n(S(=O)(=O)N(C)C)c1[SiH](C)C. The van der Waals surface area contributed by atoms with Gasteiger partial charge in [0.15, 0.2) is 0 Å². The van der Waals surface area contributed by atoms with Gasteiger partial charge in [-0.05, 0) is 0 Å². The Morgan fingerprint density at radius 2 is 1.74 bits per heavy atom. The maximum absolute atomic E-state index is 12.6. The molecule has 0 atom stereocenters. The van der Waals surface area contributed by atoms with Crippen LogP contribution >= 0.6 is 0 Å². The molecule has 0 aliphatic rings. The Labute approximate surface area is 127 Å². The van der Waals surface area contributed by atoms with Gasteiger partial charge in [-0.3, -0.25) is 0 Å². The first-order valence-corrected chi connectivity index (χ1v) is 10.7. The van der Waals surface area contributed by atoms with Crippen LogP contribution in [0.4, 0.5) is 0 Å². The summed E-state index contributed by atoms with van der Waals surface area (Å²) in [6.45, 7) is 10.2. The van der Waals surface area contributed by atoms with Gasteiger partial charge < -0.3 is 0 Å². The van der Waals surface area contributed by atoms with E-state index in [-0.39, 0.29) is 5.41 Å². The van der Waals surface area contributed by atoms with Crippen LogP contribution in [0.3, 0.4) is 0 Å². The van der Waals surface area contributed by atoms with Crippen LogP contribution < -0.4 is 9.68 Å². The fourth-order valence-corrected chi connectivity index (χ4v) is 5.81. The van der Waals surface area contributed by atoms with E-state index >= 15 is 0 Å². The van der Waals surface area contributed by atoms with Crippen molar-refractivity contribution in [2.24, 2.45) is 0 Å². The van der Waals surface area contributed by atoms with Gasteiger partial charge in [-0.25, -0.2) is 0 Å². The molecule has 19 heavy (non-hydrogen) atoms. The predicted molar refractivity (Wildman–Crippen MR) is 82.8 cm³/mol. The third-order valence-corrected chi connectivity index (χ3v) is 6.68. The average Bonchev–Trinajstić information content (AvgIpc) is 2.55. The molecule has 0 bridgehead atoms. The van der Waals surface area contributed by atoms with E-state index in [0.29, 0.717) is 5.82 Å². The van der Waals surface area contributed by atoms with Crippen LogP contribution in [0.5, 0.6) is 0 Å². The van der Waals surface area contributed by atoms with Crippen LogP contribution in [0.15, 0.2) is 0 Å². The summed E-state index contributed by atoms with van der Waals surface area (Å²) in [5.74, 6) is 0.620. The Balaban J connectivity index is 3.78. The van der Waals surface area contributed by atoms with E-state index in [1.165, 1.54) is 8.28 Å². The molecule has 0 aromatic carbocycles. The van der Waals surface area contributed by atoms with Crippen molar-refractivity contribution in [2.45, 2.75) is 39.3 Å². The van der Waals surface area contributed by atoms with Crippen molar-refractivity contribution in [1.29, 1.82) is 0 Å². The van der Waals surface area contributed by atoms with E-state index in [4.69, 9.17) is 0 Å². The molecule has 8 heteroatoms. The first-order valence-electron chi connectivity index (χ1n) is 6.43. The molecule has 0 unspecified atom stereocenters. The van der Waals surface area contributed by atoms with Crippen LogP contribution in [0.1, 0.15) is 26.6 Å². The zero-order chi connectivity index (χ0) is 15.2. The number of imidazole rings is 1. The molecule has 0 spiro atoms. The molecule has 0 saturated carbocycles. The van der Waals surface area contributed by atoms with Gasteiger partial charge in [0.25, 0.3) is 0 Å². The third-order valence-electron chi connectivity index (χ3n) is 2.97. The topological polar surface area (TPSA) is 55.2 Å². The molecule has 0 fully saturated rings. The summed E-state index contributed by atoms with van der Waals surface area (Å²) in [5, 5.41) is 0.902. The molecular weight excluding hydrogens is 273 g/mol. The van der Waals surface area contributed by atoms with E-state index < -0.39 is 19.0 Å². The predicted octanol–water partition coefficient (Wildman–Crippen LogP) is -0.677. The standard InChI is InChI=1S/C11H22N3O2SSi.Li/c1-11(2,3)10-12-8-9(18(6)7)14(10)17(15,16)13(4)5;/h18H,1-7H3;. The number of nitrogens with zero attached hydrogens (tertiary/aromatic N) is 3. The second-order valence-electron chi connectivity index (χ2n) is 6.37. The van der Waals surface area contributed by atoms with Crippen molar-refractivity contribution in [3.05, 3.63) is 5.82 Å². The van der Waals surface area contributed by atoms with Crippen LogP contribution in [-0.2, 0) is 15.6 Å². The minimum atomic E-state index is -3.52. The normalized spacial score (nSPS) is 13.6.